The van der Waals surface area contributed by atoms with Gasteiger partial charge in [-0.25, -0.2) is 0 Å². The summed E-state index contributed by atoms with van der Waals surface area (Å²) in [6.45, 7) is 6.60. The van der Waals surface area contributed by atoms with Gasteiger partial charge in [-0.1, -0.05) is 13.8 Å². The smallest absolute Gasteiger partial charge is 0.311 e. The number of carboxylic acids is 1. The highest BCUT2D eigenvalue weighted by Crippen LogP contribution is 2.07. The number of ether oxygens (including phenoxy) is 1. The van der Waals surface area contributed by atoms with Crippen molar-refractivity contribution >= 4 is 5.97 Å². The maximum absolute atomic E-state index is 10.3. The van der Waals surface area contributed by atoms with Crippen molar-refractivity contribution in [1.82, 2.24) is 0 Å². The Morgan fingerprint density at radius 3 is 2.54 bits per heavy atom. The van der Waals surface area contributed by atoms with Crippen LogP contribution >= 0.6 is 0 Å². The first kappa shape index (κ1) is 12.0. The Morgan fingerprint density at radius 1 is 1.54 bits per heavy atom. The van der Waals surface area contributed by atoms with Crippen LogP contribution in [0.15, 0.2) is 11.8 Å². The number of hydrogen-bond donors (Lipinski definition) is 1. The van der Waals surface area contributed by atoms with Gasteiger partial charge in [0.25, 0.3) is 0 Å². The third-order valence-electron chi connectivity index (χ3n) is 1.63. The van der Waals surface area contributed by atoms with E-state index >= 15 is 0 Å². The molecule has 0 fully saturated rings. The second-order valence-corrected chi connectivity index (χ2v) is 3.36. The van der Waals surface area contributed by atoms with Crippen LogP contribution in [0.3, 0.4) is 0 Å². The van der Waals surface area contributed by atoms with E-state index in [-0.39, 0.29) is 6.42 Å². The molecule has 0 spiro atoms. The van der Waals surface area contributed by atoms with Crippen LogP contribution in [0, 0.1) is 5.92 Å². The van der Waals surface area contributed by atoms with Gasteiger partial charge in [-0.05, 0) is 25.3 Å². The lowest BCUT2D eigenvalue weighted by Gasteiger charge is -2.09. The van der Waals surface area contributed by atoms with E-state index in [2.05, 4.69) is 13.8 Å². The molecule has 0 aromatic carbocycles. The predicted octanol–water partition coefficient (Wildman–Crippen LogP) is 2.43. The average molecular weight is 186 g/mol. The molecule has 0 rings (SSSR count). The molecule has 0 unspecified atom stereocenters. The van der Waals surface area contributed by atoms with Gasteiger partial charge in [-0.3, -0.25) is 4.79 Å². The van der Waals surface area contributed by atoms with Crippen LogP contribution in [0.25, 0.3) is 0 Å². The summed E-state index contributed by atoms with van der Waals surface area (Å²) in [6.07, 6.45) is 2.64. The van der Waals surface area contributed by atoms with E-state index in [1.165, 1.54) is 0 Å². The van der Waals surface area contributed by atoms with Crippen LogP contribution in [0.1, 0.15) is 33.6 Å². The third kappa shape index (κ3) is 7.37. The lowest BCUT2D eigenvalue weighted by atomic mass is 10.1. The van der Waals surface area contributed by atoms with Gasteiger partial charge < -0.3 is 9.84 Å². The quantitative estimate of drug-likeness (QED) is 0.648. The van der Waals surface area contributed by atoms with E-state index in [0.29, 0.717) is 18.3 Å². The van der Waals surface area contributed by atoms with Gasteiger partial charge in [-0.2, -0.15) is 0 Å². The van der Waals surface area contributed by atoms with E-state index in [4.69, 9.17) is 9.84 Å². The number of hydrogen-bond acceptors (Lipinski definition) is 2. The summed E-state index contributed by atoms with van der Waals surface area (Å²) in [4.78, 5) is 10.3. The molecular formula is C10H18O3. The molecule has 0 aromatic rings. The Balaban J connectivity index is 3.68. The predicted molar refractivity (Wildman–Crippen MR) is 51.4 cm³/mol. The molecule has 3 nitrogen and oxygen atoms in total. The van der Waals surface area contributed by atoms with Crippen molar-refractivity contribution in [2.75, 3.05) is 6.61 Å². The molecule has 0 aliphatic heterocycles. The van der Waals surface area contributed by atoms with Crippen molar-refractivity contribution in [3.05, 3.63) is 11.8 Å². The molecule has 76 valence electrons. The molecule has 13 heavy (non-hydrogen) atoms. The van der Waals surface area contributed by atoms with Gasteiger partial charge in [0.05, 0.1) is 6.61 Å². The zero-order valence-electron chi connectivity index (χ0n) is 8.54. The van der Waals surface area contributed by atoms with Gasteiger partial charge in [-0.15, -0.1) is 0 Å². The minimum Gasteiger partial charge on any atom is -0.498 e. The zero-order chi connectivity index (χ0) is 10.3. The van der Waals surface area contributed by atoms with E-state index in [1.807, 2.05) is 0 Å². The van der Waals surface area contributed by atoms with Crippen LogP contribution < -0.4 is 0 Å². The first-order valence-electron chi connectivity index (χ1n) is 4.56. The summed E-state index contributed by atoms with van der Waals surface area (Å²) in [6, 6.07) is 0. The second-order valence-electron chi connectivity index (χ2n) is 3.36. The van der Waals surface area contributed by atoms with Gasteiger partial charge in [0.2, 0.25) is 0 Å². The van der Waals surface area contributed by atoms with Crippen molar-refractivity contribution in [3.63, 3.8) is 0 Å². The molecule has 0 amide bonds. The average Bonchev–Trinajstić information content (AvgIpc) is 2.01. The first-order valence-corrected chi connectivity index (χ1v) is 4.56. The Kier molecular flexibility index (Phi) is 6.02. The molecule has 0 radical (unpaired) electrons. The number of allylic oxidation sites excluding steroid dienone is 1. The zero-order valence-corrected chi connectivity index (χ0v) is 8.54. The Labute approximate surface area is 79.4 Å². The molecular weight excluding hydrogens is 168 g/mol. The molecule has 0 saturated carbocycles. The van der Waals surface area contributed by atoms with Crippen LogP contribution in [-0.4, -0.2) is 17.7 Å². The van der Waals surface area contributed by atoms with E-state index in [1.54, 1.807) is 13.0 Å². The monoisotopic (exact) mass is 186 g/mol. The number of rotatable bonds is 6. The lowest BCUT2D eigenvalue weighted by molar-refractivity contribution is -0.136. The van der Waals surface area contributed by atoms with Gasteiger partial charge in [0.15, 0.2) is 0 Å². The maximum atomic E-state index is 10.3. The van der Waals surface area contributed by atoms with Crippen LogP contribution in [0.5, 0.6) is 0 Å². The summed E-state index contributed by atoms with van der Waals surface area (Å²) < 4.78 is 5.29. The first-order chi connectivity index (χ1) is 6.06. The maximum Gasteiger partial charge on any atom is 0.311 e. The summed E-state index contributed by atoms with van der Waals surface area (Å²) in [5.74, 6) is 0.286. The summed E-state index contributed by atoms with van der Waals surface area (Å²) in [5, 5.41) is 8.50. The highest BCUT2D eigenvalue weighted by molar-refractivity contribution is 5.69. The molecule has 0 bridgehead atoms. The molecule has 0 aliphatic rings. The lowest BCUT2D eigenvalue weighted by Crippen LogP contribution is -2.03. The Bertz CT molecular complexity index is 183. The fourth-order valence-electron chi connectivity index (χ4n) is 0.811. The topological polar surface area (TPSA) is 46.5 Å². The van der Waals surface area contributed by atoms with Crippen molar-refractivity contribution in [2.45, 2.75) is 33.6 Å². The van der Waals surface area contributed by atoms with Crippen molar-refractivity contribution in [1.29, 1.82) is 0 Å². The number of aliphatic carboxylic acids is 1. The van der Waals surface area contributed by atoms with Gasteiger partial charge in [0, 0.05) is 0 Å². The van der Waals surface area contributed by atoms with E-state index in [0.717, 1.165) is 6.42 Å². The second kappa shape index (κ2) is 6.52. The van der Waals surface area contributed by atoms with E-state index in [9.17, 15) is 4.79 Å². The minimum absolute atomic E-state index is 0.0193. The van der Waals surface area contributed by atoms with Crippen molar-refractivity contribution in [2.24, 2.45) is 5.92 Å². The third-order valence-corrected chi connectivity index (χ3v) is 1.63. The fraction of sp³-hybridized carbons (Fsp3) is 0.700. The number of carboxylic acid groups (broad SMARTS) is 1. The molecule has 0 aromatic heterocycles. The normalized spacial score (nSPS) is 11.8. The fourth-order valence-corrected chi connectivity index (χ4v) is 0.811. The summed E-state index contributed by atoms with van der Waals surface area (Å²) >= 11 is 0. The highest BCUT2D eigenvalue weighted by Gasteiger charge is 2.04. The Hall–Kier alpha value is -0.990. The molecule has 0 saturated heterocycles. The molecule has 0 aliphatic carbocycles. The van der Waals surface area contributed by atoms with Crippen LogP contribution in [0.4, 0.5) is 0 Å². The molecule has 0 atom stereocenters. The van der Waals surface area contributed by atoms with Gasteiger partial charge in [0.1, 0.15) is 12.2 Å². The molecule has 0 heterocycles. The van der Waals surface area contributed by atoms with Crippen molar-refractivity contribution < 1.29 is 14.6 Å². The Morgan fingerprint density at radius 2 is 2.15 bits per heavy atom. The van der Waals surface area contributed by atoms with Gasteiger partial charge >= 0.3 is 5.97 Å². The SMILES string of the molecule is CC=C(CC(=O)O)OCCC(C)C. The standard InChI is InChI=1S/C10H18O3/c1-4-9(7-10(11)12)13-6-5-8(2)3/h4,8H,5-7H2,1-3H3,(H,11,12). The van der Waals surface area contributed by atoms with Crippen LogP contribution in [0.2, 0.25) is 0 Å². The molecule has 1 N–H and O–H groups in total. The summed E-state index contributed by atoms with van der Waals surface area (Å²) in [5.41, 5.74) is 0. The van der Waals surface area contributed by atoms with Crippen LogP contribution in [-0.2, 0) is 9.53 Å². The largest absolute Gasteiger partial charge is 0.498 e. The highest BCUT2D eigenvalue weighted by atomic mass is 16.5. The van der Waals surface area contributed by atoms with Crippen molar-refractivity contribution in [3.8, 4) is 0 Å². The van der Waals surface area contributed by atoms with E-state index < -0.39 is 5.97 Å². The summed E-state index contributed by atoms with van der Waals surface area (Å²) in [7, 11) is 0. The molecule has 3 heteroatoms. The number of carbonyl (C=O) groups is 1. The minimum atomic E-state index is -0.849.